The lowest BCUT2D eigenvalue weighted by atomic mass is 10.1. The molecule has 1 rings (SSSR count). The van der Waals surface area contributed by atoms with E-state index in [0.717, 1.165) is 6.42 Å². The molecule has 1 nitrogen and oxygen atoms in total. The van der Waals surface area contributed by atoms with Crippen LogP contribution < -0.4 is 0 Å². The van der Waals surface area contributed by atoms with Crippen molar-refractivity contribution in [1.82, 2.24) is 0 Å². The molecular formula is C13H16O. The normalized spacial score (nSPS) is 10.7. The number of Topliss-reactive ketones (excluding diaryl/α,β-unsaturated/α-hetero) is 1. The third kappa shape index (κ3) is 4.04. The van der Waals surface area contributed by atoms with Crippen molar-refractivity contribution in [2.45, 2.75) is 26.7 Å². The zero-order chi connectivity index (χ0) is 10.4. The van der Waals surface area contributed by atoms with Gasteiger partial charge in [0.25, 0.3) is 0 Å². The van der Waals surface area contributed by atoms with Gasteiger partial charge in [-0.1, -0.05) is 42.0 Å². The van der Waals surface area contributed by atoms with E-state index in [-0.39, 0.29) is 5.78 Å². The van der Waals surface area contributed by atoms with E-state index in [2.05, 4.69) is 37.3 Å². The van der Waals surface area contributed by atoms with Crippen LogP contribution in [0.1, 0.15) is 30.9 Å². The van der Waals surface area contributed by atoms with E-state index < -0.39 is 0 Å². The number of ketones is 1. The van der Waals surface area contributed by atoms with Gasteiger partial charge in [0.2, 0.25) is 0 Å². The standard InChI is InChI=1S/C13H16O/c1-11-7-9-13(10-8-11)6-4-3-5-12(2)14/h4,6-10H,3,5H2,1-2H3/b6-4+. The van der Waals surface area contributed by atoms with Crippen LogP contribution in [0.15, 0.2) is 30.3 Å². The lowest BCUT2D eigenvalue weighted by Crippen LogP contribution is -1.86. The summed E-state index contributed by atoms with van der Waals surface area (Å²) in [6.07, 6.45) is 5.58. The van der Waals surface area contributed by atoms with Crippen molar-refractivity contribution in [3.63, 3.8) is 0 Å². The zero-order valence-electron chi connectivity index (χ0n) is 8.79. The number of benzene rings is 1. The van der Waals surface area contributed by atoms with Crippen molar-refractivity contribution in [1.29, 1.82) is 0 Å². The van der Waals surface area contributed by atoms with Gasteiger partial charge in [-0.2, -0.15) is 0 Å². The van der Waals surface area contributed by atoms with E-state index in [1.807, 2.05) is 6.08 Å². The van der Waals surface area contributed by atoms with Gasteiger partial charge in [-0.25, -0.2) is 0 Å². The highest BCUT2D eigenvalue weighted by Gasteiger charge is 1.89. The van der Waals surface area contributed by atoms with Gasteiger partial charge < -0.3 is 4.79 Å². The average Bonchev–Trinajstić information content (AvgIpc) is 2.15. The molecule has 74 valence electrons. The summed E-state index contributed by atoms with van der Waals surface area (Å²) < 4.78 is 0. The predicted octanol–water partition coefficient (Wildman–Crippen LogP) is 3.38. The number of rotatable bonds is 4. The molecule has 0 aliphatic heterocycles. The topological polar surface area (TPSA) is 17.1 Å². The van der Waals surface area contributed by atoms with Crippen LogP contribution in [-0.2, 0) is 4.79 Å². The quantitative estimate of drug-likeness (QED) is 0.708. The van der Waals surface area contributed by atoms with Crippen molar-refractivity contribution in [3.8, 4) is 0 Å². The summed E-state index contributed by atoms with van der Waals surface area (Å²) in [7, 11) is 0. The van der Waals surface area contributed by atoms with Crippen molar-refractivity contribution in [2.75, 3.05) is 0 Å². The highest BCUT2D eigenvalue weighted by Crippen LogP contribution is 2.06. The molecule has 0 bridgehead atoms. The first-order valence-electron chi connectivity index (χ1n) is 4.91. The van der Waals surface area contributed by atoms with Gasteiger partial charge in [0.1, 0.15) is 5.78 Å². The second-order valence-corrected chi connectivity index (χ2v) is 3.55. The van der Waals surface area contributed by atoms with Crippen LogP contribution in [0.25, 0.3) is 6.08 Å². The molecule has 14 heavy (non-hydrogen) atoms. The molecule has 0 spiro atoms. The second-order valence-electron chi connectivity index (χ2n) is 3.55. The summed E-state index contributed by atoms with van der Waals surface area (Å²) >= 11 is 0. The summed E-state index contributed by atoms with van der Waals surface area (Å²) in [5.74, 6) is 0.249. The molecule has 0 aromatic heterocycles. The molecule has 0 atom stereocenters. The molecule has 0 unspecified atom stereocenters. The van der Waals surface area contributed by atoms with Crippen LogP contribution in [0.4, 0.5) is 0 Å². The van der Waals surface area contributed by atoms with E-state index in [4.69, 9.17) is 0 Å². The number of aryl methyl sites for hydroxylation is 1. The molecule has 0 aliphatic carbocycles. The predicted molar refractivity (Wildman–Crippen MR) is 60.1 cm³/mol. The van der Waals surface area contributed by atoms with Crippen molar-refractivity contribution < 1.29 is 4.79 Å². The largest absolute Gasteiger partial charge is 0.300 e. The Morgan fingerprint density at radius 3 is 2.50 bits per heavy atom. The average molecular weight is 188 g/mol. The van der Waals surface area contributed by atoms with E-state index in [1.54, 1.807) is 6.92 Å². The minimum Gasteiger partial charge on any atom is -0.300 e. The number of hydrogen-bond acceptors (Lipinski definition) is 1. The number of hydrogen-bond donors (Lipinski definition) is 0. The lowest BCUT2D eigenvalue weighted by molar-refractivity contribution is -0.116. The SMILES string of the molecule is CC(=O)CC/C=C/c1ccc(C)cc1. The van der Waals surface area contributed by atoms with Crippen LogP contribution in [0.5, 0.6) is 0 Å². The number of carbonyl (C=O) groups is 1. The molecule has 1 heteroatoms. The molecule has 0 saturated heterocycles. The summed E-state index contributed by atoms with van der Waals surface area (Å²) in [4.78, 5) is 10.7. The third-order valence-corrected chi connectivity index (χ3v) is 2.05. The van der Waals surface area contributed by atoms with Crippen molar-refractivity contribution >= 4 is 11.9 Å². The van der Waals surface area contributed by atoms with E-state index in [1.165, 1.54) is 11.1 Å². The van der Waals surface area contributed by atoms with E-state index in [0.29, 0.717) is 6.42 Å². The molecular weight excluding hydrogens is 172 g/mol. The Morgan fingerprint density at radius 2 is 1.93 bits per heavy atom. The first-order valence-corrected chi connectivity index (χ1v) is 4.91. The van der Waals surface area contributed by atoms with Crippen LogP contribution in [0, 0.1) is 6.92 Å². The molecule has 0 fully saturated rings. The summed E-state index contributed by atoms with van der Waals surface area (Å²) in [6, 6.07) is 8.34. The summed E-state index contributed by atoms with van der Waals surface area (Å²) in [5.41, 5.74) is 2.46. The van der Waals surface area contributed by atoms with E-state index in [9.17, 15) is 4.79 Å². The van der Waals surface area contributed by atoms with Crippen LogP contribution in [0.3, 0.4) is 0 Å². The maximum absolute atomic E-state index is 10.7. The molecule has 0 radical (unpaired) electrons. The first-order chi connectivity index (χ1) is 6.68. The Bertz CT molecular complexity index is 320. The highest BCUT2D eigenvalue weighted by atomic mass is 16.1. The Morgan fingerprint density at radius 1 is 1.29 bits per heavy atom. The Balaban J connectivity index is 2.44. The fraction of sp³-hybridized carbons (Fsp3) is 0.308. The Labute approximate surface area is 85.5 Å². The first kappa shape index (κ1) is 10.7. The van der Waals surface area contributed by atoms with Crippen LogP contribution in [-0.4, -0.2) is 5.78 Å². The fourth-order valence-corrected chi connectivity index (χ4v) is 1.18. The smallest absolute Gasteiger partial charge is 0.130 e. The lowest BCUT2D eigenvalue weighted by Gasteiger charge is -1.94. The van der Waals surface area contributed by atoms with Gasteiger partial charge in [0.05, 0.1) is 0 Å². The van der Waals surface area contributed by atoms with Gasteiger partial charge in [0, 0.05) is 6.42 Å². The maximum atomic E-state index is 10.7. The van der Waals surface area contributed by atoms with E-state index >= 15 is 0 Å². The molecule has 0 N–H and O–H groups in total. The second kappa shape index (κ2) is 5.38. The van der Waals surface area contributed by atoms with Gasteiger partial charge >= 0.3 is 0 Å². The summed E-state index contributed by atoms with van der Waals surface area (Å²) in [5, 5.41) is 0. The minimum absolute atomic E-state index is 0.249. The van der Waals surface area contributed by atoms with Crippen molar-refractivity contribution in [2.24, 2.45) is 0 Å². The maximum Gasteiger partial charge on any atom is 0.130 e. The molecule has 0 heterocycles. The minimum atomic E-state index is 0.249. The Hall–Kier alpha value is -1.37. The zero-order valence-corrected chi connectivity index (χ0v) is 8.79. The fourth-order valence-electron chi connectivity index (χ4n) is 1.18. The monoisotopic (exact) mass is 188 g/mol. The molecule has 1 aromatic carbocycles. The van der Waals surface area contributed by atoms with Gasteiger partial charge in [-0.05, 0) is 25.8 Å². The van der Waals surface area contributed by atoms with Gasteiger partial charge in [0.15, 0.2) is 0 Å². The van der Waals surface area contributed by atoms with Crippen LogP contribution >= 0.6 is 0 Å². The molecule has 0 saturated carbocycles. The van der Waals surface area contributed by atoms with Gasteiger partial charge in [-0.3, -0.25) is 0 Å². The van der Waals surface area contributed by atoms with Crippen molar-refractivity contribution in [3.05, 3.63) is 41.5 Å². The summed E-state index contributed by atoms with van der Waals surface area (Å²) in [6.45, 7) is 3.70. The molecule has 0 aliphatic rings. The molecule has 0 amide bonds. The van der Waals surface area contributed by atoms with Crippen LogP contribution in [0.2, 0.25) is 0 Å². The number of allylic oxidation sites excluding steroid dienone is 1. The Kier molecular flexibility index (Phi) is 4.11. The van der Waals surface area contributed by atoms with Gasteiger partial charge in [-0.15, -0.1) is 0 Å². The highest BCUT2D eigenvalue weighted by molar-refractivity contribution is 5.75. The number of carbonyl (C=O) groups excluding carboxylic acids is 1. The third-order valence-electron chi connectivity index (χ3n) is 2.05. The molecule has 1 aromatic rings.